The molecular formula is C13H9NO3. The van der Waals surface area contributed by atoms with Gasteiger partial charge in [-0.1, -0.05) is 12.1 Å². The summed E-state index contributed by atoms with van der Waals surface area (Å²) >= 11 is 0. The van der Waals surface area contributed by atoms with Crippen molar-refractivity contribution in [3.8, 4) is 5.75 Å². The molecule has 0 saturated heterocycles. The summed E-state index contributed by atoms with van der Waals surface area (Å²) in [6.07, 6.45) is 0. The molecule has 0 heterocycles. The highest BCUT2D eigenvalue weighted by Crippen LogP contribution is 2.22. The number of hydrogen-bond acceptors (Lipinski definition) is 4. The van der Waals surface area contributed by atoms with Gasteiger partial charge in [0, 0.05) is 5.56 Å². The van der Waals surface area contributed by atoms with Crippen molar-refractivity contribution >= 4 is 11.5 Å². The average molecular weight is 227 g/mol. The summed E-state index contributed by atoms with van der Waals surface area (Å²) in [5.74, 6) is -0.205. The van der Waals surface area contributed by atoms with Crippen LogP contribution in [0.1, 0.15) is 15.9 Å². The second-order valence-electron chi connectivity index (χ2n) is 3.48. The number of carbonyl (C=O) groups is 1. The lowest BCUT2D eigenvalue weighted by Crippen LogP contribution is -2.00. The third-order valence-corrected chi connectivity index (χ3v) is 2.38. The van der Waals surface area contributed by atoms with E-state index in [0.717, 1.165) is 0 Å². The van der Waals surface area contributed by atoms with E-state index in [0.29, 0.717) is 5.56 Å². The topological polar surface area (TPSA) is 66.7 Å². The van der Waals surface area contributed by atoms with E-state index in [1.54, 1.807) is 18.2 Å². The van der Waals surface area contributed by atoms with Gasteiger partial charge in [-0.25, -0.2) is 0 Å². The van der Waals surface area contributed by atoms with Crippen LogP contribution in [0.2, 0.25) is 0 Å². The van der Waals surface area contributed by atoms with Crippen molar-refractivity contribution in [2.75, 3.05) is 0 Å². The van der Waals surface area contributed by atoms with Gasteiger partial charge in [0.25, 0.3) is 0 Å². The van der Waals surface area contributed by atoms with E-state index >= 15 is 0 Å². The van der Waals surface area contributed by atoms with E-state index < -0.39 is 0 Å². The van der Waals surface area contributed by atoms with Crippen molar-refractivity contribution in [1.82, 2.24) is 0 Å². The van der Waals surface area contributed by atoms with E-state index in [4.69, 9.17) is 5.11 Å². The van der Waals surface area contributed by atoms with Gasteiger partial charge in [0.15, 0.2) is 5.78 Å². The molecule has 84 valence electrons. The SMILES string of the molecule is O=Nc1ccccc1C(=O)c1ccc(O)cc1. The Morgan fingerprint density at radius 2 is 1.65 bits per heavy atom. The molecule has 0 atom stereocenters. The van der Waals surface area contributed by atoms with E-state index in [1.807, 2.05) is 0 Å². The predicted molar refractivity (Wildman–Crippen MR) is 63.4 cm³/mol. The molecule has 2 aromatic carbocycles. The molecule has 0 bridgehead atoms. The standard InChI is InChI=1S/C13H9NO3/c15-10-7-5-9(6-8-10)13(16)11-3-1-2-4-12(11)14-17/h1-8,15H. The van der Waals surface area contributed by atoms with Crippen LogP contribution in [0, 0.1) is 4.91 Å². The van der Waals surface area contributed by atoms with Gasteiger partial charge in [-0.2, -0.15) is 0 Å². The zero-order valence-corrected chi connectivity index (χ0v) is 8.83. The van der Waals surface area contributed by atoms with Gasteiger partial charge in [0.2, 0.25) is 0 Å². The van der Waals surface area contributed by atoms with Gasteiger partial charge in [0.05, 0.1) is 5.56 Å². The molecule has 2 rings (SSSR count). The molecule has 1 N–H and O–H groups in total. The number of hydrogen-bond donors (Lipinski definition) is 1. The normalized spacial score (nSPS) is 9.88. The third kappa shape index (κ3) is 2.20. The molecule has 0 fully saturated rings. The maximum absolute atomic E-state index is 12.1. The van der Waals surface area contributed by atoms with Crippen LogP contribution in [0.3, 0.4) is 0 Å². The van der Waals surface area contributed by atoms with Gasteiger partial charge >= 0.3 is 0 Å². The molecule has 4 heteroatoms. The maximum Gasteiger partial charge on any atom is 0.195 e. The largest absolute Gasteiger partial charge is 0.508 e. The molecule has 0 aromatic heterocycles. The number of rotatable bonds is 3. The van der Waals surface area contributed by atoms with Gasteiger partial charge in [-0.15, -0.1) is 4.91 Å². The Hall–Kier alpha value is -2.49. The number of nitrogens with zero attached hydrogens (tertiary/aromatic N) is 1. The van der Waals surface area contributed by atoms with Gasteiger partial charge < -0.3 is 5.11 Å². The minimum Gasteiger partial charge on any atom is -0.508 e. The number of carbonyl (C=O) groups excluding carboxylic acids is 1. The van der Waals surface area contributed by atoms with Crippen LogP contribution in [0.5, 0.6) is 5.75 Å². The third-order valence-electron chi connectivity index (χ3n) is 2.38. The van der Waals surface area contributed by atoms with E-state index in [1.165, 1.54) is 30.3 Å². The van der Waals surface area contributed by atoms with Crippen molar-refractivity contribution in [1.29, 1.82) is 0 Å². The maximum atomic E-state index is 12.1. The zero-order valence-electron chi connectivity index (χ0n) is 8.83. The Labute approximate surface area is 97.5 Å². The smallest absolute Gasteiger partial charge is 0.195 e. The number of aromatic hydroxyl groups is 1. The molecule has 0 spiro atoms. The van der Waals surface area contributed by atoms with Crippen molar-refractivity contribution in [3.63, 3.8) is 0 Å². The molecule has 0 saturated carbocycles. The summed E-state index contributed by atoms with van der Waals surface area (Å²) in [6.45, 7) is 0. The fraction of sp³-hybridized carbons (Fsp3) is 0. The molecule has 0 aliphatic heterocycles. The Morgan fingerprint density at radius 3 is 2.29 bits per heavy atom. The van der Waals surface area contributed by atoms with Crippen molar-refractivity contribution < 1.29 is 9.90 Å². The first-order valence-electron chi connectivity index (χ1n) is 4.98. The summed E-state index contributed by atoms with van der Waals surface area (Å²) in [5.41, 5.74) is 0.776. The summed E-state index contributed by atoms with van der Waals surface area (Å²) in [7, 11) is 0. The molecular weight excluding hydrogens is 218 g/mol. The first-order chi connectivity index (χ1) is 8.22. The Balaban J connectivity index is 2.43. The van der Waals surface area contributed by atoms with Crippen molar-refractivity contribution in [2.24, 2.45) is 5.18 Å². The summed E-state index contributed by atoms with van der Waals surface area (Å²) < 4.78 is 0. The fourth-order valence-corrected chi connectivity index (χ4v) is 1.51. The minimum absolute atomic E-state index is 0.0864. The van der Waals surface area contributed by atoms with Crippen LogP contribution in [-0.2, 0) is 0 Å². The number of phenols is 1. The molecule has 4 nitrogen and oxygen atoms in total. The molecule has 0 radical (unpaired) electrons. The highest BCUT2D eigenvalue weighted by molar-refractivity contribution is 6.11. The molecule has 0 aliphatic rings. The van der Waals surface area contributed by atoms with Crippen LogP contribution in [0.4, 0.5) is 5.69 Å². The molecule has 17 heavy (non-hydrogen) atoms. The highest BCUT2D eigenvalue weighted by atomic mass is 16.3. The summed E-state index contributed by atoms with van der Waals surface area (Å²) in [6, 6.07) is 12.2. The van der Waals surface area contributed by atoms with E-state index in [9.17, 15) is 9.70 Å². The van der Waals surface area contributed by atoms with E-state index in [2.05, 4.69) is 5.18 Å². The molecule has 0 aliphatic carbocycles. The Kier molecular flexibility index (Phi) is 2.96. The Bertz CT molecular complexity index is 561. The highest BCUT2D eigenvalue weighted by Gasteiger charge is 2.13. The lowest BCUT2D eigenvalue weighted by Gasteiger charge is -2.02. The van der Waals surface area contributed by atoms with Crippen LogP contribution in [0.25, 0.3) is 0 Å². The fourth-order valence-electron chi connectivity index (χ4n) is 1.51. The minimum atomic E-state index is -0.291. The van der Waals surface area contributed by atoms with Crippen molar-refractivity contribution in [3.05, 3.63) is 64.6 Å². The van der Waals surface area contributed by atoms with E-state index in [-0.39, 0.29) is 22.8 Å². The predicted octanol–water partition coefficient (Wildman–Crippen LogP) is 3.02. The molecule has 0 unspecified atom stereocenters. The number of benzene rings is 2. The lowest BCUT2D eigenvalue weighted by atomic mass is 10.0. The molecule has 0 amide bonds. The molecule has 2 aromatic rings. The quantitative estimate of drug-likeness (QED) is 0.647. The zero-order chi connectivity index (χ0) is 12.3. The second-order valence-corrected chi connectivity index (χ2v) is 3.48. The van der Waals surface area contributed by atoms with Gasteiger partial charge in [-0.3, -0.25) is 4.79 Å². The Morgan fingerprint density at radius 1 is 1.00 bits per heavy atom. The number of ketones is 1. The van der Waals surface area contributed by atoms with Crippen LogP contribution < -0.4 is 0 Å². The summed E-state index contributed by atoms with van der Waals surface area (Å²) in [5, 5.41) is 11.9. The number of nitroso groups, excluding NO2 is 1. The van der Waals surface area contributed by atoms with Crippen LogP contribution in [-0.4, -0.2) is 10.9 Å². The van der Waals surface area contributed by atoms with Gasteiger partial charge in [0.1, 0.15) is 11.4 Å². The first kappa shape index (κ1) is 11.0. The second kappa shape index (κ2) is 4.57. The van der Waals surface area contributed by atoms with Gasteiger partial charge in [-0.05, 0) is 41.6 Å². The average Bonchev–Trinajstić information content (AvgIpc) is 2.39. The summed E-state index contributed by atoms with van der Waals surface area (Å²) in [4.78, 5) is 22.6. The van der Waals surface area contributed by atoms with Crippen LogP contribution in [0.15, 0.2) is 53.7 Å². The monoisotopic (exact) mass is 227 g/mol. The number of phenolic OH excluding ortho intramolecular Hbond substituents is 1. The van der Waals surface area contributed by atoms with Crippen LogP contribution >= 0.6 is 0 Å². The van der Waals surface area contributed by atoms with Crippen molar-refractivity contribution in [2.45, 2.75) is 0 Å². The lowest BCUT2D eigenvalue weighted by molar-refractivity contribution is 0.103. The first-order valence-corrected chi connectivity index (χ1v) is 4.98.